The second-order valence-electron chi connectivity index (χ2n) is 5.74. The first-order chi connectivity index (χ1) is 9.75. The normalized spacial score (nSPS) is 13.7. The molecule has 2 rings (SSSR count). The quantitative estimate of drug-likeness (QED) is 0.923. The standard InChI is InChI=1S/C16H16ClNO2S/c1-16(2,3)13(19)9-14-18-15(20)12(21-14)8-10-5-4-6-11(17)7-10/h4-9H,1-3H3,(H,18,20)/b12-8-,14-9+. The molecule has 0 saturated carbocycles. The van der Waals surface area contributed by atoms with E-state index in [1.54, 1.807) is 18.2 Å². The van der Waals surface area contributed by atoms with E-state index in [0.29, 0.717) is 14.2 Å². The average molecular weight is 322 g/mol. The fourth-order valence-electron chi connectivity index (χ4n) is 1.61. The summed E-state index contributed by atoms with van der Waals surface area (Å²) in [5.74, 6) is -0.0192. The van der Waals surface area contributed by atoms with Gasteiger partial charge >= 0.3 is 0 Å². The van der Waals surface area contributed by atoms with E-state index < -0.39 is 5.41 Å². The molecule has 0 atom stereocenters. The Bertz CT molecular complexity index is 840. The van der Waals surface area contributed by atoms with E-state index in [-0.39, 0.29) is 11.3 Å². The predicted molar refractivity (Wildman–Crippen MR) is 88.1 cm³/mol. The summed E-state index contributed by atoms with van der Waals surface area (Å²) in [5.41, 5.74) is 0.189. The van der Waals surface area contributed by atoms with Crippen molar-refractivity contribution in [1.82, 2.24) is 4.98 Å². The highest BCUT2D eigenvalue weighted by Crippen LogP contribution is 2.14. The predicted octanol–water partition coefficient (Wildman–Crippen LogP) is 2.31. The van der Waals surface area contributed by atoms with Crippen LogP contribution in [0.4, 0.5) is 0 Å². The van der Waals surface area contributed by atoms with E-state index in [2.05, 4.69) is 4.98 Å². The Kier molecular flexibility index (Phi) is 4.49. The molecule has 1 aromatic heterocycles. The van der Waals surface area contributed by atoms with Gasteiger partial charge in [0.1, 0.15) is 0 Å². The van der Waals surface area contributed by atoms with E-state index in [1.165, 1.54) is 17.4 Å². The molecule has 0 spiro atoms. The van der Waals surface area contributed by atoms with Gasteiger partial charge in [0.05, 0.1) is 9.20 Å². The van der Waals surface area contributed by atoms with Crippen molar-refractivity contribution in [3.63, 3.8) is 0 Å². The topological polar surface area (TPSA) is 49.9 Å². The number of Topliss-reactive ketones (excluding diaryl/α,β-unsaturated/α-hetero) is 1. The number of carbonyl (C=O) groups is 1. The number of thiazole rings is 1. The van der Waals surface area contributed by atoms with Crippen LogP contribution in [0.3, 0.4) is 0 Å². The van der Waals surface area contributed by atoms with Gasteiger partial charge in [0.25, 0.3) is 5.56 Å². The summed E-state index contributed by atoms with van der Waals surface area (Å²) in [7, 11) is 0. The van der Waals surface area contributed by atoms with E-state index in [9.17, 15) is 9.59 Å². The number of carbonyl (C=O) groups excluding carboxylic acids is 1. The Morgan fingerprint density at radius 1 is 1.33 bits per heavy atom. The van der Waals surface area contributed by atoms with Crippen LogP contribution >= 0.6 is 22.9 Å². The van der Waals surface area contributed by atoms with Gasteiger partial charge in [-0.05, 0) is 23.8 Å². The van der Waals surface area contributed by atoms with Crippen molar-refractivity contribution in [2.24, 2.45) is 5.41 Å². The van der Waals surface area contributed by atoms with Crippen molar-refractivity contribution in [2.75, 3.05) is 0 Å². The van der Waals surface area contributed by atoms with Crippen LogP contribution < -0.4 is 14.8 Å². The summed E-state index contributed by atoms with van der Waals surface area (Å²) in [6.45, 7) is 5.53. The monoisotopic (exact) mass is 321 g/mol. The molecule has 1 N–H and O–H groups in total. The molecule has 0 bridgehead atoms. The molecule has 0 aliphatic rings. The van der Waals surface area contributed by atoms with Crippen molar-refractivity contribution in [2.45, 2.75) is 20.8 Å². The van der Waals surface area contributed by atoms with Crippen LogP contribution in [0.5, 0.6) is 0 Å². The molecule has 0 aliphatic carbocycles. The highest BCUT2D eigenvalue weighted by molar-refractivity contribution is 7.07. The highest BCUT2D eigenvalue weighted by atomic mass is 35.5. The Hall–Kier alpha value is -1.65. The second-order valence-corrected chi connectivity index (χ2v) is 7.26. The molecule has 110 valence electrons. The molecule has 0 saturated heterocycles. The molecule has 1 heterocycles. The number of rotatable bonds is 2. The Morgan fingerprint density at radius 2 is 2.05 bits per heavy atom. The van der Waals surface area contributed by atoms with Crippen LogP contribution in [-0.4, -0.2) is 10.8 Å². The number of benzene rings is 1. The van der Waals surface area contributed by atoms with E-state index in [4.69, 9.17) is 11.6 Å². The summed E-state index contributed by atoms with van der Waals surface area (Å²) in [4.78, 5) is 26.6. The number of nitrogens with one attached hydrogen (secondary N) is 1. The van der Waals surface area contributed by atoms with Crippen LogP contribution in [0.1, 0.15) is 26.3 Å². The van der Waals surface area contributed by atoms with Crippen LogP contribution in [0.15, 0.2) is 29.1 Å². The van der Waals surface area contributed by atoms with E-state index in [0.717, 1.165) is 5.56 Å². The van der Waals surface area contributed by atoms with Crippen molar-refractivity contribution in [3.05, 3.63) is 54.4 Å². The minimum Gasteiger partial charge on any atom is -0.313 e. The van der Waals surface area contributed by atoms with Crippen molar-refractivity contribution >= 4 is 40.9 Å². The molecular weight excluding hydrogens is 306 g/mol. The maximum absolute atomic E-state index is 12.0. The number of ketones is 1. The number of halogens is 1. The molecule has 3 nitrogen and oxygen atoms in total. The Morgan fingerprint density at radius 3 is 2.67 bits per heavy atom. The first kappa shape index (κ1) is 15.7. The zero-order valence-corrected chi connectivity index (χ0v) is 13.6. The minimum atomic E-state index is -0.461. The molecule has 0 radical (unpaired) electrons. The molecule has 0 unspecified atom stereocenters. The van der Waals surface area contributed by atoms with Crippen molar-refractivity contribution in [3.8, 4) is 0 Å². The third kappa shape index (κ3) is 4.16. The molecule has 0 fully saturated rings. The minimum absolute atomic E-state index is 0.0192. The average Bonchev–Trinajstić information content (AvgIpc) is 2.68. The van der Waals surface area contributed by atoms with Crippen LogP contribution in [0.2, 0.25) is 5.02 Å². The lowest BCUT2D eigenvalue weighted by Gasteiger charge is -2.12. The zero-order valence-electron chi connectivity index (χ0n) is 12.1. The fourth-order valence-corrected chi connectivity index (χ4v) is 2.69. The van der Waals surface area contributed by atoms with Crippen LogP contribution in [0, 0.1) is 5.41 Å². The lowest BCUT2D eigenvalue weighted by molar-refractivity contribution is -0.119. The number of H-pyrrole nitrogens is 1. The maximum atomic E-state index is 12.0. The summed E-state index contributed by atoms with van der Waals surface area (Å²) in [6, 6.07) is 7.25. The summed E-state index contributed by atoms with van der Waals surface area (Å²) in [5, 5.41) is 0.617. The smallest absolute Gasteiger partial charge is 0.266 e. The SMILES string of the molecule is CC(C)(C)C(=O)/C=c1\[nH]c(=O)/c(=C/c2cccc(Cl)c2)s1. The molecule has 21 heavy (non-hydrogen) atoms. The van der Waals surface area contributed by atoms with Gasteiger partial charge in [0, 0.05) is 16.5 Å². The summed E-state index contributed by atoms with van der Waals surface area (Å²) >= 11 is 7.18. The third-order valence-electron chi connectivity index (χ3n) is 2.83. The van der Waals surface area contributed by atoms with E-state index in [1.807, 2.05) is 32.9 Å². The van der Waals surface area contributed by atoms with E-state index >= 15 is 0 Å². The van der Waals surface area contributed by atoms with Gasteiger partial charge in [-0.2, -0.15) is 0 Å². The Balaban J connectivity index is 2.48. The van der Waals surface area contributed by atoms with Gasteiger partial charge in [-0.1, -0.05) is 44.5 Å². The number of aromatic amines is 1. The summed E-state index contributed by atoms with van der Waals surface area (Å²) < 4.78 is 1.11. The Labute approximate surface area is 131 Å². The molecule has 5 heteroatoms. The molecule has 1 aromatic carbocycles. The number of hydrogen-bond acceptors (Lipinski definition) is 3. The first-order valence-electron chi connectivity index (χ1n) is 6.48. The lowest BCUT2D eigenvalue weighted by atomic mass is 9.91. The lowest BCUT2D eigenvalue weighted by Crippen LogP contribution is -2.22. The second kappa shape index (κ2) is 6.00. The third-order valence-corrected chi connectivity index (χ3v) is 4.03. The van der Waals surface area contributed by atoms with Crippen molar-refractivity contribution < 1.29 is 4.79 Å². The summed E-state index contributed by atoms with van der Waals surface area (Å²) in [6.07, 6.45) is 3.25. The van der Waals surface area contributed by atoms with Gasteiger partial charge in [-0.15, -0.1) is 11.3 Å². The van der Waals surface area contributed by atoms with Gasteiger partial charge in [0.2, 0.25) is 0 Å². The van der Waals surface area contributed by atoms with Crippen molar-refractivity contribution in [1.29, 1.82) is 0 Å². The zero-order chi connectivity index (χ0) is 15.6. The molecule has 0 aliphatic heterocycles. The molecule has 0 amide bonds. The first-order valence-corrected chi connectivity index (χ1v) is 7.68. The fraction of sp³-hybridized carbons (Fsp3) is 0.250. The molecular formula is C16H16ClNO2S. The van der Waals surface area contributed by atoms with Gasteiger partial charge in [-0.25, -0.2) is 0 Å². The van der Waals surface area contributed by atoms with Gasteiger partial charge in [-0.3, -0.25) is 9.59 Å². The van der Waals surface area contributed by atoms with Gasteiger partial charge < -0.3 is 4.98 Å². The molecule has 2 aromatic rings. The highest BCUT2D eigenvalue weighted by Gasteiger charge is 2.18. The number of hydrogen-bond donors (Lipinski definition) is 1. The maximum Gasteiger partial charge on any atom is 0.266 e. The largest absolute Gasteiger partial charge is 0.313 e. The van der Waals surface area contributed by atoms with Gasteiger partial charge in [0.15, 0.2) is 5.78 Å². The van der Waals surface area contributed by atoms with Crippen LogP contribution in [0.25, 0.3) is 12.2 Å². The number of aromatic nitrogens is 1. The van der Waals surface area contributed by atoms with Crippen LogP contribution in [-0.2, 0) is 4.79 Å².